The molecule has 0 N–H and O–H groups in total. The van der Waals surface area contributed by atoms with E-state index in [1.807, 2.05) is 12.3 Å². The zero-order chi connectivity index (χ0) is 33.1. The van der Waals surface area contributed by atoms with Crippen molar-refractivity contribution < 1.29 is 0 Å². The smallest absolute Gasteiger partial charge is 0.235 e. The van der Waals surface area contributed by atoms with Crippen LogP contribution in [-0.2, 0) is 10.8 Å². The third-order valence-electron chi connectivity index (χ3n) is 11.6. The maximum Gasteiger partial charge on any atom is 0.235 e. The third kappa shape index (κ3) is 3.96. The Morgan fingerprint density at radius 2 is 1.39 bits per heavy atom. The quantitative estimate of drug-likeness (QED) is 0.194. The molecule has 0 fully saturated rings. The van der Waals surface area contributed by atoms with E-state index in [9.17, 15) is 0 Å². The summed E-state index contributed by atoms with van der Waals surface area (Å²) in [6.45, 7) is 9.42. The summed E-state index contributed by atoms with van der Waals surface area (Å²) < 4.78 is 2.25. The van der Waals surface area contributed by atoms with Gasteiger partial charge in [0, 0.05) is 33.4 Å². The summed E-state index contributed by atoms with van der Waals surface area (Å²) in [5.74, 6) is 0.686. The molecule has 0 aliphatic heterocycles. The van der Waals surface area contributed by atoms with E-state index in [2.05, 4.69) is 148 Å². The van der Waals surface area contributed by atoms with Crippen LogP contribution in [0.3, 0.4) is 0 Å². The Hall–Kier alpha value is -5.54. The zero-order valence-corrected chi connectivity index (χ0v) is 28.4. The Bertz CT molecular complexity index is 2610. The Morgan fingerprint density at radius 1 is 0.592 bits per heavy atom. The van der Waals surface area contributed by atoms with Crippen LogP contribution in [0, 0.1) is 0 Å². The molecule has 2 heterocycles. The molecule has 236 valence electrons. The van der Waals surface area contributed by atoms with Crippen LogP contribution in [0.25, 0.3) is 66.8 Å². The van der Waals surface area contributed by atoms with Gasteiger partial charge in [0.15, 0.2) is 0 Å². The molecule has 0 unspecified atom stereocenters. The van der Waals surface area contributed by atoms with Crippen molar-refractivity contribution >= 4 is 27.4 Å². The van der Waals surface area contributed by atoms with E-state index in [1.165, 1.54) is 66.4 Å². The second-order valence-electron chi connectivity index (χ2n) is 15.0. The van der Waals surface area contributed by atoms with Crippen LogP contribution in [0.5, 0.6) is 0 Å². The van der Waals surface area contributed by atoms with Crippen molar-refractivity contribution in [3.8, 4) is 39.5 Å². The van der Waals surface area contributed by atoms with Crippen molar-refractivity contribution in [2.45, 2.75) is 51.4 Å². The second-order valence-corrected chi connectivity index (χ2v) is 15.0. The van der Waals surface area contributed by atoms with Gasteiger partial charge in [-0.25, -0.2) is 9.97 Å². The molecule has 7 aromatic rings. The summed E-state index contributed by atoms with van der Waals surface area (Å²) >= 11 is 0. The highest BCUT2D eigenvalue weighted by Gasteiger charge is 2.38. The maximum absolute atomic E-state index is 5.26. The lowest BCUT2D eigenvalue weighted by atomic mass is 9.79. The molecule has 3 nitrogen and oxygen atoms in total. The van der Waals surface area contributed by atoms with Gasteiger partial charge in [0.2, 0.25) is 5.95 Å². The molecule has 5 aromatic carbocycles. The molecule has 3 heteroatoms. The van der Waals surface area contributed by atoms with E-state index in [0.717, 1.165) is 35.1 Å². The number of fused-ring (bicyclic) bond motifs is 8. The minimum absolute atomic E-state index is 0.0111. The van der Waals surface area contributed by atoms with Crippen molar-refractivity contribution in [2.24, 2.45) is 0 Å². The Labute approximate surface area is 287 Å². The highest BCUT2D eigenvalue weighted by atomic mass is 15.2. The van der Waals surface area contributed by atoms with Gasteiger partial charge in [0.25, 0.3) is 0 Å². The van der Waals surface area contributed by atoms with E-state index >= 15 is 0 Å². The van der Waals surface area contributed by atoms with Gasteiger partial charge < -0.3 is 0 Å². The Balaban J connectivity index is 1.09. The molecule has 0 saturated heterocycles. The number of rotatable bonds is 3. The summed E-state index contributed by atoms with van der Waals surface area (Å²) in [5.41, 5.74) is 17.9. The van der Waals surface area contributed by atoms with E-state index in [-0.39, 0.29) is 10.8 Å². The number of benzene rings is 5. The molecule has 3 aliphatic carbocycles. The van der Waals surface area contributed by atoms with E-state index in [1.54, 1.807) is 0 Å². The van der Waals surface area contributed by atoms with E-state index in [4.69, 9.17) is 9.97 Å². The molecule has 0 amide bonds. The Morgan fingerprint density at radius 3 is 2.31 bits per heavy atom. The van der Waals surface area contributed by atoms with Crippen molar-refractivity contribution in [1.82, 2.24) is 14.5 Å². The number of hydrogen-bond donors (Lipinski definition) is 0. The monoisotopic (exact) mass is 631 g/mol. The van der Waals surface area contributed by atoms with E-state index in [0.29, 0.717) is 5.95 Å². The largest absolute Gasteiger partial charge is 0.278 e. The first-order valence-electron chi connectivity index (χ1n) is 17.5. The van der Waals surface area contributed by atoms with Gasteiger partial charge in [-0.15, -0.1) is 0 Å². The topological polar surface area (TPSA) is 30.7 Å². The molecule has 2 aromatic heterocycles. The highest BCUT2D eigenvalue weighted by molar-refractivity contribution is 6.11. The van der Waals surface area contributed by atoms with Crippen LogP contribution in [0.4, 0.5) is 0 Å². The predicted octanol–water partition coefficient (Wildman–Crippen LogP) is 11.6. The molecule has 0 bridgehead atoms. The lowest BCUT2D eigenvalue weighted by Gasteiger charge is -2.24. The summed E-state index contributed by atoms with van der Waals surface area (Å²) in [6.07, 6.45) is 8.85. The minimum Gasteiger partial charge on any atom is -0.278 e. The standard InChI is InChI=1S/C46H37N3/c1-45(2)37-17-8-5-14-31(37)33-21-20-29(25-39(33)45)28-12-11-13-30(24-28)41-22-23-47-44(48-41)49-42-19-10-7-16-34(42)36-26-35-32-15-6-9-18-38(32)46(3,4)40(35)27-43(36)49/h6-13,15-27H,5,14H2,1-4H3. The average Bonchev–Trinajstić information content (AvgIpc) is 3.67. The van der Waals surface area contributed by atoms with Crippen LogP contribution in [0.1, 0.15) is 62.8 Å². The number of para-hydroxylation sites is 1. The van der Waals surface area contributed by atoms with Crippen LogP contribution in [0.15, 0.2) is 133 Å². The molecule has 0 saturated carbocycles. The van der Waals surface area contributed by atoms with Gasteiger partial charge in [0.05, 0.1) is 16.7 Å². The molecule has 10 rings (SSSR count). The fourth-order valence-corrected chi connectivity index (χ4v) is 9.03. The van der Waals surface area contributed by atoms with Gasteiger partial charge in [0.1, 0.15) is 0 Å². The number of nitrogens with zero attached hydrogens (tertiary/aromatic N) is 3. The van der Waals surface area contributed by atoms with Crippen LogP contribution < -0.4 is 0 Å². The van der Waals surface area contributed by atoms with Crippen molar-refractivity contribution in [1.29, 1.82) is 0 Å². The molecule has 0 radical (unpaired) electrons. The van der Waals surface area contributed by atoms with Crippen LogP contribution >= 0.6 is 0 Å². The van der Waals surface area contributed by atoms with Gasteiger partial charge >= 0.3 is 0 Å². The minimum atomic E-state index is -0.0938. The maximum atomic E-state index is 5.26. The van der Waals surface area contributed by atoms with Gasteiger partial charge in [-0.05, 0) is 105 Å². The third-order valence-corrected chi connectivity index (χ3v) is 11.6. The summed E-state index contributed by atoms with van der Waals surface area (Å²) in [5, 5.41) is 2.44. The molecule has 0 spiro atoms. The first-order chi connectivity index (χ1) is 23.8. The molecule has 3 aliphatic rings. The van der Waals surface area contributed by atoms with Crippen molar-refractivity contribution in [3.05, 3.63) is 155 Å². The average molecular weight is 632 g/mol. The normalized spacial score (nSPS) is 16.6. The number of allylic oxidation sites excluding steroid dienone is 4. The second kappa shape index (κ2) is 9.99. The van der Waals surface area contributed by atoms with Gasteiger partial charge in [-0.2, -0.15) is 0 Å². The molecular weight excluding hydrogens is 595 g/mol. The summed E-state index contributed by atoms with van der Waals surface area (Å²) in [6, 6.07) is 40.2. The fraction of sp³-hybridized carbons (Fsp3) is 0.174. The Kier molecular flexibility index (Phi) is 5.81. The molecule has 49 heavy (non-hydrogen) atoms. The fourth-order valence-electron chi connectivity index (χ4n) is 9.03. The lowest BCUT2D eigenvalue weighted by molar-refractivity contribution is 0.651. The summed E-state index contributed by atoms with van der Waals surface area (Å²) in [4.78, 5) is 10.1. The number of aromatic nitrogens is 3. The van der Waals surface area contributed by atoms with Crippen LogP contribution in [-0.4, -0.2) is 14.5 Å². The zero-order valence-electron chi connectivity index (χ0n) is 28.4. The van der Waals surface area contributed by atoms with E-state index < -0.39 is 0 Å². The first kappa shape index (κ1) is 28.5. The van der Waals surface area contributed by atoms with Crippen molar-refractivity contribution in [3.63, 3.8) is 0 Å². The van der Waals surface area contributed by atoms with Crippen molar-refractivity contribution in [2.75, 3.05) is 0 Å². The van der Waals surface area contributed by atoms with Gasteiger partial charge in [-0.1, -0.05) is 113 Å². The SMILES string of the molecule is CC1(C)C2=C(CCC=C2)c2ccc(-c3cccc(-c4ccnc(-n5c6ccccc6c6cc7c(cc65)C(C)(C)c5ccccc5-7)n4)c3)cc21. The highest BCUT2D eigenvalue weighted by Crippen LogP contribution is 2.52. The predicted molar refractivity (Wildman–Crippen MR) is 203 cm³/mol. The molecule has 0 atom stereocenters. The number of hydrogen-bond acceptors (Lipinski definition) is 2. The first-order valence-corrected chi connectivity index (χ1v) is 17.5. The van der Waals surface area contributed by atoms with Crippen LogP contribution in [0.2, 0.25) is 0 Å². The van der Waals surface area contributed by atoms with Gasteiger partial charge in [-0.3, -0.25) is 4.57 Å². The summed E-state index contributed by atoms with van der Waals surface area (Å²) in [7, 11) is 0. The lowest BCUT2D eigenvalue weighted by Crippen LogP contribution is -2.16. The molecular formula is C46H37N3.